The summed E-state index contributed by atoms with van der Waals surface area (Å²) in [6, 6.07) is 20.3. The van der Waals surface area contributed by atoms with Crippen molar-refractivity contribution in [3.8, 4) is 17.2 Å². The number of imide groups is 1. The molecule has 0 aliphatic carbocycles. The first kappa shape index (κ1) is 28.8. The van der Waals surface area contributed by atoms with E-state index < -0.39 is 0 Å². The zero-order chi connectivity index (χ0) is 28.6. The molecule has 208 valence electrons. The predicted octanol–water partition coefficient (Wildman–Crippen LogP) is 6.26. The number of nitrogens with zero attached hydrogens (tertiary/aromatic N) is 1. The molecule has 0 spiro atoms. The molecule has 0 bridgehead atoms. The van der Waals surface area contributed by atoms with E-state index in [-0.39, 0.29) is 42.7 Å². The second-order valence-corrected chi connectivity index (χ2v) is 10.5. The Kier molecular flexibility index (Phi) is 9.50. The van der Waals surface area contributed by atoms with Gasteiger partial charge in [-0.25, -0.2) is 0 Å². The van der Waals surface area contributed by atoms with Crippen molar-refractivity contribution in [2.24, 2.45) is 0 Å². The fraction of sp³-hybridized carbons (Fsp3) is 0.258. The van der Waals surface area contributed by atoms with Crippen LogP contribution in [0.3, 0.4) is 0 Å². The van der Waals surface area contributed by atoms with Crippen LogP contribution >= 0.6 is 11.8 Å². The molecule has 1 heterocycles. The summed E-state index contributed by atoms with van der Waals surface area (Å²) < 4.78 is 16.9. The quantitative estimate of drug-likeness (QED) is 0.277. The minimum atomic E-state index is -0.375. The average molecular weight is 561 g/mol. The van der Waals surface area contributed by atoms with Crippen molar-refractivity contribution < 1.29 is 28.6 Å². The lowest BCUT2D eigenvalue weighted by molar-refractivity contribution is -0.123. The van der Waals surface area contributed by atoms with Gasteiger partial charge in [0.2, 0.25) is 0 Å². The van der Waals surface area contributed by atoms with Crippen LogP contribution in [-0.2, 0) is 9.59 Å². The highest BCUT2D eigenvalue weighted by Gasteiger charge is 2.34. The van der Waals surface area contributed by atoms with Crippen LogP contribution in [0.2, 0.25) is 0 Å². The number of carbonyl (C=O) groups excluding carboxylic acids is 3. The van der Waals surface area contributed by atoms with E-state index in [2.05, 4.69) is 19.2 Å². The average Bonchev–Trinajstić information content (AvgIpc) is 3.19. The summed E-state index contributed by atoms with van der Waals surface area (Å²) in [5, 5.41) is 2.55. The number of methoxy groups -OCH3 is 1. The number of para-hydroxylation sites is 1. The number of carbonyl (C=O) groups is 3. The molecule has 0 unspecified atom stereocenters. The van der Waals surface area contributed by atoms with Crippen LogP contribution in [0.25, 0.3) is 6.08 Å². The van der Waals surface area contributed by atoms with Gasteiger partial charge in [0.05, 0.1) is 18.6 Å². The minimum Gasteiger partial charge on any atom is -0.493 e. The predicted molar refractivity (Wildman–Crippen MR) is 157 cm³/mol. The molecule has 3 amide bonds. The molecular weight excluding hydrogens is 528 g/mol. The molecule has 1 aliphatic heterocycles. The zero-order valence-electron chi connectivity index (χ0n) is 22.9. The van der Waals surface area contributed by atoms with Crippen molar-refractivity contribution in [3.05, 3.63) is 88.3 Å². The number of anilines is 1. The highest BCUT2D eigenvalue weighted by Crippen LogP contribution is 2.34. The van der Waals surface area contributed by atoms with E-state index in [4.69, 9.17) is 14.2 Å². The molecule has 1 N–H and O–H groups in total. The fourth-order valence-corrected chi connectivity index (χ4v) is 5.01. The van der Waals surface area contributed by atoms with Gasteiger partial charge >= 0.3 is 0 Å². The van der Waals surface area contributed by atoms with Crippen LogP contribution in [0.4, 0.5) is 10.5 Å². The number of benzene rings is 3. The number of ether oxygens (including phenoxy) is 3. The Morgan fingerprint density at radius 1 is 1.00 bits per heavy atom. The lowest BCUT2D eigenvalue weighted by Gasteiger charge is -2.15. The zero-order valence-corrected chi connectivity index (χ0v) is 23.7. The maximum Gasteiger partial charge on any atom is 0.293 e. The van der Waals surface area contributed by atoms with Gasteiger partial charge in [0.1, 0.15) is 12.4 Å². The summed E-state index contributed by atoms with van der Waals surface area (Å²) in [5.41, 5.74) is 3.51. The number of rotatable bonds is 11. The van der Waals surface area contributed by atoms with E-state index >= 15 is 0 Å². The number of hydrogen-bond donors (Lipinski definition) is 1. The Labute approximate surface area is 238 Å². The molecule has 8 nitrogen and oxygen atoms in total. The minimum absolute atomic E-state index is 0.149. The molecule has 3 aromatic carbocycles. The maximum absolute atomic E-state index is 12.9. The van der Waals surface area contributed by atoms with Crippen LogP contribution in [0, 0.1) is 6.92 Å². The van der Waals surface area contributed by atoms with Crippen LogP contribution in [0.5, 0.6) is 17.2 Å². The Morgan fingerprint density at radius 3 is 2.55 bits per heavy atom. The van der Waals surface area contributed by atoms with Crippen LogP contribution < -0.4 is 19.5 Å². The summed E-state index contributed by atoms with van der Waals surface area (Å²) in [5.74, 6) is 1.07. The van der Waals surface area contributed by atoms with Gasteiger partial charge < -0.3 is 19.5 Å². The van der Waals surface area contributed by atoms with Crippen LogP contribution in [0.15, 0.2) is 71.6 Å². The number of nitrogens with one attached hydrogen (secondary N) is 1. The van der Waals surface area contributed by atoms with Crippen LogP contribution in [-0.4, -0.2) is 48.8 Å². The van der Waals surface area contributed by atoms with Gasteiger partial charge in [-0.05, 0) is 77.7 Å². The number of amides is 3. The molecule has 40 heavy (non-hydrogen) atoms. The third-order valence-corrected chi connectivity index (χ3v) is 7.06. The van der Waals surface area contributed by atoms with E-state index in [0.717, 1.165) is 28.6 Å². The van der Waals surface area contributed by atoms with E-state index in [1.165, 1.54) is 12.0 Å². The molecule has 0 saturated carbocycles. The third-order valence-electron chi connectivity index (χ3n) is 6.15. The van der Waals surface area contributed by atoms with E-state index in [0.29, 0.717) is 27.7 Å². The summed E-state index contributed by atoms with van der Waals surface area (Å²) in [4.78, 5) is 39.4. The van der Waals surface area contributed by atoms with Crippen molar-refractivity contribution in [3.63, 3.8) is 0 Å². The first-order chi connectivity index (χ1) is 19.2. The van der Waals surface area contributed by atoms with Crippen LogP contribution in [0.1, 0.15) is 36.5 Å². The molecule has 0 aromatic heterocycles. The molecule has 4 rings (SSSR count). The summed E-state index contributed by atoms with van der Waals surface area (Å²) in [6.45, 7) is 6.24. The van der Waals surface area contributed by atoms with Gasteiger partial charge in [-0.15, -0.1) is 0 Å². The Morgan fingerprint density at radius 2 is 1.80 bits per heavy atom. The number of hydrogen-bond acceptors (Lipinski definition) is 7. The second kappa shape index (κ2) is 13.2. The lowest BCUT2D eigenvalue weighted by Crippen LogP contribution is -2.32. The topological polar surface area (TPSA) is 94.2 Å². The first-order valence-corrected chi connectivity index (χ1v) is 13.7. The summed E-state index contributed by atoms with van der Waals surface area (Å²) in [7, 11) is 1.49. The SMILES string of the molecule is COc1cc(/C=C2\SC(=O)N(CCOc3cccc(C)c3)C2=O)ccc1OCC(=O)Nc1ccccc1C(C)C. The van der Waals surface area contributed by atoms with Crippen molar-refractivity contribution >= 4 is 40.6 Å². The first-order valence-electron chi connectivity index (χ1n) is 12.9. The van der Waals surface area contributed by atoms with Gasteiger partial charge in [0.15, 0.2) is 18.1 Å². The maximum atomic E-state index is 12.9. The van der Waals surface area contributed by atoms with Crippen molar-refractivity contribution in [1.29, 1.82) is 0 Å². The monoisotopic (exact) mass is 560 g/mol. The Balaban J connectivity index is 1.36. The molecule has 1 aliphatic rings. The summed E-state index contributed by atoms with van der Waals surface area (Å²) >= 11 is 0.879. The highest BCUT2D eigenvalue weighted by molar-refractivity contribution is 8.18. The normalized spacial score (nSPS) is 14.1. The Hall–Kier alpha value is -4.24. The number of thioether (sulfide) groups is 1. The van der Waals surface area contributed by atoms with Crippen molar-refractivity contribution in [1.82, 2.24) is 4.90 Å². The second-order valence-electron chi connectivity index (χ2n) is 9.49. The van der Waals surface area contributed by atoms with Crippen molar-refractivity contribution in [2.75, 3.05) is 32.2 Å². The molecule has 0 atom stereocenters. The smallest absolute Gasteiger partial charge is 0.293 e. The van der Waals surface area contributed by atoms with Crippen molar-refractivity contribution in [2.45, 2.75) is 26.7 Å². The highest BCUT2D eigenvalue weighted by atomic mass is 32.2. The van der Waals surface area contributed by atoms with E-state index in [1.807, 2.05) is 55.5 Å². The fourth-order valence-electron chi connectivity index (χ4n) is 4.14. The standard InChI is InChI=1S/C31H32N2O6S/c1-20(2)24-10-5-6-11-25(24)32-29(34)19-39-26-13-12-22(17-27(26)37-4)18-28-30(35)33(31(36)40-28)14-15-38-23-9-7-8-21(3)16-23/h5-13,16-18,20H,14-15,19H2,1-4H3,(H,32,34)/b28-18-. The van der Waals surface area contributed by atoms with E-state index in [1.54, 1.807) is 24.3 Å². The van der Waals surface area contributed by atoms with Gasteiger partial charge in [-0.3, -0.25) is 19.3 Å². The third kappa shape index (κ3) is 7.24. The van der Waals surface area contributed by atoms with Gasteiger partial charge in [-0.1, -0.05) is 50.2 Å². The molecule has 1 saturated heterocycles. The van der Waals surface area contributed by atoms with Gasteiger partial charge in [0, 0.05) is 5.69 Å². The number of aryl methyl sites for hydroxylation is 1. The van der Waals surface area contributed by atoms with E-state index in [9.17, 15) is 14.4 Å². The largest absolute Gasteiger partial charge is 0.493 e. The lowest BCUT2D eigenvalue weighted by atomic mass is 10.0. The van der Waals surface area contributed by atoms with Gasteiger partial charge in [-0.2, -0.15) is 0 Å². The molecule has 9 heteroatoms. The molecule has 3 aromatic rings. The molecular formula is C31H32N2O6S. The summed E-state index contributed by atoms with van der Waals surface area (Å²) in [6.07, 6.45) is 1.63. The Bertz CT molecular complexity index is 1430. The molecule has 0 radical (unpaired) electrons. The van der Waals surface area contributed by atoms with Gasteiger partial charge in [0.25, 0.3) is 17.1 Å². The molecule has 1 fully saturated rings.